The van der Waals surface area contributed by atoms with Crippen molar-refractivity contribution in [3.05, 3.63) is 64.7 Å². The molecule has 0 saturated carbocycles. The van der Waals surface area contributed by atoms with Crippen molar-refractivity contribution in [3.63, 3.8) is 0 Å². The molecule has 0 aromatic heterocycles. The van der Waals surface area contributed by atoms with Crippen molar-refractivity contribution in [1.29, 1.82) is 0 Å². The minimum absolute atomic E-state index is 0.104. The van der Waals surface area contributed by atoms with E-state index in [2.05, 4.69) is 5.32 Å². The SMILES string of the molecule is Cc1cccc(CNC(=O)[C@H]2CCCN(S(=O)(=O)c3ccc(Cl)cc3)C2)c1. The van der Waals surface area contributed by atoms with Crippen LogP contribution in [0.4, 0.5) is 0 Å². The van der Waals surface area contributed by atoms with E-state index in [-0.39, 0.29) is 23.3 Å². The molecule has 1 N–H and O–H groups in total. The van der Waals surface area contributed by atoms with Crippen molar-refractivity contribution in [1.82, 2.24) is 9.62 Å². The van der Waals surface area contributed by atoms with E-state index in [0.717, 1.165) is 11.1 Å². The van der Waals surface area contributed by atoms with Gasteiger partial charge in [-0.05, 0) is 49.6 Å². The molecule has 144 valence electrons. The minimum atomic E-state index is -3.62. The summed E-state index contributed by atoms with van der Waals surface area (Å²) in [7, 11) is -3.62. The van der Waals surface area contributed by atoms with Crippen LogP contribution in [-0.4, -0.2) is 31.7 Å². The maximum atomic E-state index is 12.8. The Morgan fingerprint density at radius 2 is 1.96 bits per heavy atom. The van der Waals surface area contributed by atoms with Gasteiger partial charge in [0.05, 0.1) is 10.8 Å². The summed E-state index contributed by atoms with van der Waals surface area (Å²) in [5, 5.41) is 3.42. The Labute approximate surface area is 165 Å². The van der Waals surface area contributed by atoms with E-state index in [4.69, 9.17) is 11.6 Å². The number of nitrogens with one attached hydrogen (secondary N) is 1. The van der Waals surface area contributed by atoms with Crippen molar-refractivity contribution < 1.29 is 13.2 Å². The van der Waals surface area contributed by atoms with Crippen molar-refractivity contribution in [2.24, 2.45) is 5.92 Å². The molecule has 1 fully saturated rings. The lowest BCUT2D eigenvalue weighted by Crippen LogP contribution is -2.45. The normalized spacial score (nSPS) is 18.2. The van der Waals surface area contributed by atoms with Gasteiger partial charge in [-0.1, -0.05) is 41.4 Å². The van der Waals surface area contributed by atoms with Crippen LogP contribution in [0.2, 0.25) is 5.02 Å². The monoisotopic (exact) mass is 406 g/mol. The highest BCUT2D eigenvalue weighted by Crippen LogP contribution is 2.25. The van der Waals surface area contributed by atoms with E-state index in [1.54, 1.807) is 12.1 Å². The molecule has 0 radical (unpaired) electrons. The number of piperidine rings is 1. The summed E-state index contributed by atoms with van der Waals surface area (Å²) >= 11 is 5.85. The van der Waals surface area contributed by atoms with Crippen molar-refractivity contribution in [3.8, 4) is 0 Å². The Hall–Kier alpha value is -1.89. The molecule has 1 heterocycles. The third-order valence-electron chi connectivity index (χ3n) is 4.76. The van der Waals surface area contributed by atoms with Gasteiger partial charge in [-0.25, -0.2) is 8.42 Å². The standard InChI is InChI=1S/C20H23ClN2O3S/c1-15-4-2-5-16(12-15)13-22-20(24)17-6-3-11-23(14-17)27(25,26)19-9-7-18(21)8-10-19/h2,4-5,7-10,12,17H,3,6,11,13-14H2,1H3,(H,22,24)/t17-/m0/s1. The second kappa shape index (κ2) is 8.42. The molecule has 1 aliphatic heterocycles. The molecule has 27 heavy (non-hydrogen) atoms. The van der Waals surface area contributed by atoms with E-state index in [9.17, 15) is 13.2 Å². The number of aryl methyl sites for hydroxylation is 1. The second-order valence-corrected chi connectivity index (χ2v) is 9.24. The van der Waals surface area contributed by atoms with Crippen LogP contribution < -0.4 is 5.32 Å². The van der Waals surface area contributed by atoms with Gasteiger partial charge < -0.3 is 5.32 Å². The number of amides is 1. The first-order valence-corrected chi connectivity index (χ1v) is 10.8. The quantitative estimate of drug-likeness (QED) is 0.827. The van der Waals surface area contributed by atoms with Crippen molar-refractivity contribution in [2.45, 2.75) is 31.2 Å². The average Bonchev–Trinajstić information content (AvgIpc) is 2.66. The highest BCUT2D eigenvalue weighted by molar-refractivity contribution is 7.89. The van der Waals surface area contributed by atoms with Gasteiger partial charge in [-0.15, -0.1) is 0 Å². The number of rotatable bonds is 5. The highest BCUT2D eigenvalue weighted by Gasteiger charge is 2.33. The zero-order valence-electron chi connectivity index (χ0n) is 15.2. The van der Waals surface area contributed by atoms with Gasteiger partial charge in [0.15, 0.2) is 0 Å². The molecule has 1 amide bonds. The van der Waals surface area contributed by atoms with Crippen LogP contribution in [0, 0.1) is 12.8 Å². The zero-order valence-corrected chi connectivity index (χ0v) is 16.8. The predicted molar refractivity (Wildman–Crippen MR) is 106 cm³/mol. The molecule has 3 rings (SSSR count). The Kier molecular flexibility index (Phi) is 6.19. The van der Waals surface area contributed by atoms with Gasteiger partial charge in [0.2, 0.25) is 15.9 Å². The summed E-state index contributed by atoms with van der Waals surface area (Å²) in [6.45, 7) is 3.07. The van der Waals surface area contributed by atoms with Crippen LogP contribution in [-0.2, 0) is 21.4 Å². The Bertz CT molecular complexity index is 913. The second-order valence-electron chi connectivity index (χ2n) is 6.86. The fraction of sp³-hybridized carbons (Fsp3) is 0.350. The summed E-state index contributed by atoms with van der Waals surface area (Å²) in [5.41, 5.74) is 2.17. The predicted octanol–water partition coefficient (Wildman–Crippen LogP) is 3.37. The Balaban J connectivity index is 1.64. The van der Waals surface area contributed by atoms with Crippen molar-refractivity contribution >= 4 is 27.5 Å². The molecule has 1 aliphatic rings. The Morgan fingerprint density at radius 1 is 1.22 bits per heavy atom. The van der Waals surface area contributed by atoms with Gasteiger partial charge in [0.1, 0.15) is 0 Å². The maximum absolute atomic E-state index is 12.8. The van der Waals surface area contributed by atoms with E-state index in [1.807, 2.05) is 31.2 Å². The third-order valence-corrected chi connectivity index (χ3v) is 6.89. The van der Waals surface area contributed by atoms with Gasteiger partial charge in [-0.2, -0.15) is 4.31 Å². The molecular formula is C20H23ClN2O3S. The molecule has 1 atom stereocenters. The summed E-state index contributed by atoms with van der Waals surface area (Å²) < 4.78 is 27.1. The number of nitrogens with zero attached hydrogens (tertiary/aromatic N) is 1. The first-order chi connectivity index (χ1) is 12.9. The van der Waals surface area contributed by atoms with Crippen LogP contribution in [0.3, 0.4) is 0 Å². The molecule has 0 unspecified atom stereocenters. The Morgan fingerprint density at radius 3 is 2.67 bits per heavy atom. The molecule has 2 aromatic carbocycles. The summed E-state index contributed by atoms with van der Waals surface area (Å²) in [6, 6.07) is 14.1. The lowest BCUT2D eigenvalue weighted by molar-refractivity contribution is -0.126. The number of carbonyl (C=O) groups is 1. The van der Waals surface area contributed by atoms with Crippen LogP contribution in [0.5, 0.6) is 0 Å². The first-order valence-electron chi connectivity index (χ1n) is 8.95. The van der Waals surface area contributed by atoms with Crippen molar-refractivity contribution in [2.75, 3.05) is 13.1 Å². The highest BCUT2D eigenvalue weighted by atomic mass is 35.5. The molecule has 0 spiro atoms. The molecule has 2 aromatic rings. The number of hydrogen-bond acceptors (Lipinski definition) is 3. The molecule has 0 bridgehead atoms. The lowest BCUT2D eigenvalue weighted by Gasteiger charge is -2.31. The summed E-state index contributed by atoms with van der Waals surface area (Å²) in [6.07, 6.45) is 1.35. The van der Waals surface area contributed by atoms with Gasteiger partial charge in [0.25, 0.3) is 0 Å². The van der Waals surface area contributed by atoms with E-state index in [0.29, 0.717) is 31.0 Å². The molecule has 0 aliphatic carbocycles. The van der Waals surface area contributed by atoms with Crippen LogP contribution in [0.25, 0.3) is 0 Å². The molecule has 1 saturated heterocycles. The number of sulfonamides is 1. The summed E-state index contributed by atoms with van der Waals surface area (Å²) in [5.74, 6) is -0.446. The number of carbonyl (C=O) groups excluding carboxylic acids is 1. The number of halogens is 1. The zero-order chi connectivity index (χ0) is 19.4. The van der Waals surface area contributed by atoms with E-state index in [1.165, 1.54) is 16.4 Å². The lowest BCUT2D eigenvalue weighted by atomic mass is 9.98. The smallest absolute Gasteiger partial charge is 0.243 e. The van der Waals surface area contributed by atoms with Crippen LogP contribution in [0.1, 0.15) is 24.0 Å². The molecular weight excluding hydrogens is 384 g/mol. The third kappa shape index (κ3) is 4.89. The topological polar surface area (TPSA) is 66.5 Å². The minimum Gasteiger partial charge on any atom is -0.352 e. The maximum Gasteiger partial charge on any atom is 0.243 e. The largest absolute Gasteiger partial charge is 0.352 e. The van der Waals surface area contributed by atoms with Gasteiger partial charge in [0, 0.05) is 24.7 Å². The number of benzene rings is 2. The van der Waals surface area contributed by atoms with Crippen LogP contribution >= 0.6 is 11.6 Å². The average molecular weight is 407 g/mol. The van der Waals surface area contributed by atoms with Crippen LogP contribution in [0.15, 0.2) is 53.4 Å². The number of hydrogen-bond donors (Lipinski definition) is 1. The van der Waals surface area contributed by atoms with Gasteiger partial charge in [-0.3, -0.25) is 4.79 Å². The fourth-order valence-electron chi connectivity index (χ4n) is 3.29. The molecule has 5 nitrogen and oxygen atoms in total. The fourth-order valence-corrected chi connectivity index (χ4v) is 4.94. The van der Waals surface area contributed by atoms with Gasteiger partial charge >= 0.3 is 0 Å². The summed E-state index contributed by atoms with van der Waals surface area (Å²) in [4.78, 5) is 12.8. The molecule has 7 heteroatoms. The van der Waals surface area contributed by atoms with E-state index < -0.39 is 10.0 Å². The van der Waals surface area contributed by atoms with E-state index >= 15 is 0 Å². The first kappa shape index (κ1) is 19.9.